The van der Waals surface area contributed by atoms with E-state index in [2.05, 4.69) is 5.10 Å². The first-order chi connectivity index (χ1) is 9.95. The van der Waals surface area contributed by atoms with E-state index in [1.807, 2.05) is 19.9 Å². The summed E-state index contributed by atoms with van der Waals surface area (Å²) < 4.78 is 12.5. The Balaban J connectivity index is 2.07. The van der Waals surface area contributed by atoms with Crippen molar-refractivity contribution >= 4 is 16.7 Å². The second-order valence-electron chi connectivity index (χ2n) is 4.94. The topological polar surface area (TPSA) is 83.3 Å². The van der Waals surface area contributed by atoms with E-state index in [1.54, 1.807) is 23.9 Å². The zero-order valence-corrected chi connectivity index (χ0v) is 12.0. The lowest BCUT2D eigenvalue weighted by molar-refractivity contribution is 0.431. The van der Waals surface area contributed by atoms with E-state index in [9.17, 15) is 4.79 Å². The van der Waals surface area contributed by atoms with Crippen LogP contribution >= 0.6 is 0 Å². The van der Waals surface area contributed by atoms with E-state index >= 15 is 0 Å². The van der Waals surface area contributed by atoms with E-state index in [-0.39, 0.29) is 5.63 Å². The SMILES string of the molecule is Cc1nn(C)c(Oc2ccc3c(C)cc(=O)oc3c2)c1N. The molecule has 0 radical (unpaired) electrons. The molecule has 2 aromatic heterocycles. The Kier molecular flexibility index (Phi) is 2.94. The normalized spacial score (nSPS) is 11.0. The highest BCUT2D eigenvalue weighted by Gasteiger charge is 2.13. The quantitative estimate of drug-likeness (QED) is 0.731. The zero-order valence-electron chi connectivity index (χ0n) is 12.0. The van der Waals surface area contributed by atoms with Gasteiger partial charge >= 0.3 is 5.63 Å². The van der Waals surface area contributed by atoms with E-state index in [0.29, 0.717) is 28.6 Å². The van der Waals surface area contributed by atoms with E-state index in [1.165, 1.54) is 6.07 Å². The van der Waals surface area contributed by atoms with Gasteiger partial charge in [0.2, 0.25) is 5.88 Å². The first-order valence-corrected chi connectivity index (χ1v) is 6.47. The second kappa shape index (κ2) is 4.66. The Hall–Kier alpha value is -2.76. The smallest absolute Gasteiger partial charge is 0.336 e. The minimum Gasteiger partial charge on any atom is -0.437 e. The van der Waals surface area contributed by atoms with Gasteiger partial charge in [0.25, 0.3) is 0 Å². The molecule has 0 atom stereocenters. The molecule has 0 saturated heterocycles. The molecule has 0 unspecified atom stereocenters. The number of aryl methyl sites for hydroxylation is 3. The van der Waals surface area contributed by atoms with Gasteiger partial charge in [-0.2, -0.15) is 5.10 Å². The number of nitrogens with zero attached hydrogens (tertiary/aromatic N) is 2. The van der Waals surface area contributed by atoms with Gasteiger partial charge in [0.05, 0.1) is 5.69 Å². The third-order valence-corrected chi connectivity index (χ3v) is 3.35. The molecule has 0 aliphatic heterocycles. The summed E-state index contributed by atoms with van der Waals surface area (Å²) in [6.07, 6.45) is 0. The van der Waals surface area contributed by atoms with Crippen LogP contribution in [-0.4, -0.2) is 9.78 Å². The standard InChI is InChI=1S/C15H15N3O3/c1-8-6-13(19)21-12-7-10(4-5-11(8)12)20-15-14(16)9(2)17-18(15)3/h4-7H,16H2,1-3H3. The van der Waals surface area contributed by atoms with E-state index in [4.69, 9.17) is 14.9 Å². The summed E-state index contributed by atoms with van der Waals surface area (Å²) in [6.45, 7) is 3.67. The molecule has 6 heteroatoms. The van der Waals surface area contributed by atoms with Crippen LogP contribution in [0.5, 0.6) is 11.6 Å². The highest BCUT2D eigenvalue weighted by molar-refractivity contribution is 5.81. The largest absolute Gasteiger partial charge is 0.437 e. The molecule has 0 aliphatic rings. The molecular weight excluding hydrogens is 270 g/mol. The lowest BCUT2D eigenvalue weighted by Gasteiger charge is -2.08. The summed E-state index contributed by atoms with van der Waals surface area (Å²) in [4.78, 5) is 11.4. The third kappa shape index (κ3) is 2.24. The summed E-state index contributed by atoms with van der Waals surface area (Å²) in [5, 5.41) is 5.06. The van der Waals surface area contributed by atoms with Crippen LogP contribution in [0.1, 0.15) is 11.3 Å². The van der Waals surface area contributed by atoms with Crippen LogP contribution in [-0.2, 0) is 7.05 Å². The minimum absolute atomic E-state index is 0.381. The van der Waals surface area contributed by atoms with Crippen LogP contribution in [0.3, 0.4) is 0 Å². The molecule has 2 N–H and O–H groups in total. The van der Waals surface area contributed by atoms with Crippen molar-refractivity contribution in [2.75, 3.05) is 5.73 Å². The Morgan fingerprint density at radius 1 is 1.29 bits per heavy atom. The van der Waals surface area contributed by atoms with Crippen LogP contribution in [0.2, 0.25) is 0 Å². The van der Waals surface area contributed by atoms with Gasteiger partial charge in [-0.3, -0.25) is 0 Å². The Morgan fingerprint density at radius 2 is 2.05 bits per heavy atom. The molecule has 3 rings (SSSR count). The summed E-state index contributed by atoms with van der Waals surface area (Å²) in [6, 6.07) is 6.79. The van der Waals surface area contributed by atoms with Gasteiger partial charge in [0.15, 0.2) is 0 Å². The average Bonchev–Trinajstić information content (AvgIpc) is 2.65. The number of aromatic nitrogens is 2. The number of hydrogen-bond acceptors (Lipinski definition) is 5. The first kappa shape index (κ1) is 13.2. The Morgan fingerprint density at radius 3 is 2.71 bits per heavy atom. The number of rotatable bonds is 2. The predicted molar refractivity (Wildman–Crippen MR) is 79.7 cm³/mol. The van der Waals surface area contributed by atoms with Crippen LogP contribution in [0.15, 0.2) is 33.5 Å². The predicted octanol–water partition coefficient (Wildman–Crippen LogP) is 2.52. The van der Waals surface area contributed by atoms with E-state index < -0.39 is 0 Å². The molecule has 1 aromatic carbocycles. The summed E-state index contributed by atoms with van der Waals surface area (Å²) in [5.41, 5.74) is 8.09. The molecule has 0 amide bonds. The number of anilines is 1. The van der Waals surface area contributed by atoms with Crippen molar-refractivity contribution in [1.82, 2.24) is 9.78 Å². The monoisotopic (exact) mass is 285 g/mol. The second-order valence-corrected chi connectivity index (χ2v) is 4.94. The molecule has 0 bridgehead atoms. The third-order valence-electron chi connectivity index (χ3n) is 3.35. The average molecular weight is 285 g/mol. The first-order valence-electron chi connectivity index (χ1n) is 6.47. The highest BCUT2D eigenvalue weighted by Crippen LogP contribution is 2.31. The van der Waals surface area contributed by atoms with Crippen LogP contribution in [0, 0.1) is 13.8 Å². The van der Waals surface area contributed by atoms with Gasteiger partial charge in [-0.15, -0.1) is 0 Å². The van der Waals surface area contributed by atoms with Gasteiger partial charge < -0.3 is 14.9 Å². The van der Waals surface area contributed by atoms with Crippen LogP contribution in [0.25, 0.3) is 11.0 Å². The molecule has 3 aromatic rings. The number of ether oxygens (including phenoxy) is 1. The molecule has 2 heterocycles. The molecule has 0 saturated carbocycles. The minimum atomic E-state index is -0.381. The summed E-state index contributed by atoms with van der Waals surface area (Å²) >= 11 is 0. The molecule has 6 nitrogen and oxygen atoms in total. The molecule has 21 heavy (non-hydrogen) atoms. The van der Waals surface area contributed by atoms with Gasteiger partial charge in [-0.25, -0.2) is 9.48 Å². The van der Waals surface area contributed by atoms with Crippen molar-refractivity contribution in [3.8, 4) is 11.6 Å². The molecule has 0 spiro atoms. The number of nitrogen functional groups attached to an aromatic ring is 1. The number of fused-ring (bicyclic) bond motifs is 1. The molecular formula is C15H15N3O3. The van der Waals surface area contributed by atoms with Gasteiger partial charge in [-0.05, 0) is 31.5 Å². The highest BCUT2D eigenvalue weighted by atomic mass is 16.5. The van der Waals surface area contributed by atoms with Crippen molar-refractivity contribution in [1.29, 1.82) is 0 Å². The lowest BCUT2D eigenvalue weighted by Crippen LogP contribution is -1.99. The van der Waals surface area contributed by atoms with Crippen molar-refractivity contribution < 1.29 is 9.15 Å². The maximum Gasteiger partial charge on any atom is 0.336 e. The zero-order chi connectivity index (χ0) is 15.1. The molecule has 0 fully saturated rings. The Labute approximate surface area is 120 Å². The lowest BCUT2D eigenvalue weighted by atomic mass is 10.1. The van der Waals surface area contributed by atoms with Crippen LogP contribution in [0.4, 0.5) is 5.69 Å². The fourth-order valence-electron chi connectivity index (χ4n) is 2.25. The fraction of sp³-hybridized carbons (Fsp3) is 0.200. The number of nitrogens with two attached hydrogens (primary N) is 1. The summed E-state index contributed by atoms with van der Waals surface area (Å²) in [7, 11) is 1.75. The van der Waals surface area contributed by atoms with Crippen LogP contribution < -0.4 is 16.1 Å². The van der Waals surface area contributed by atoms with E-state index in [0.717, 1.165) is 10.9 Å². The van der Waals surface area contributed by atoms with Crippen molar-refractivity contribution in [3.05, 3.63) is 45.9 Å². The maximum absolute atomic E-state index is 11.4. The van der Waals surface area contributed by atoms with Gasteiger partial charge in [0.1, 0.15) is 17.0 Å². The fourth-order valence-corrected chi connectivity index (χ4v) is 2.25. The van der Waals surface area contributed by atoms with Crippen molar-refractivity contribution in [2.45, 2.75) is 13.8 Å². The van der Waals surface area contributed by atoms with Gasteiger partial charge in [-0.1, -0.05) is 0 Å². The Bertz CT molecular complexity index is 893. The number of benzene rings is 1. The van der Waals surface area contributed by atoms with Crippen molar-refractivity contribution in [3.63, 3.8) is 0 Å². The van der Waals surface area contributed by atoms with Gasteiger partial charge in [0, 0.05) is 24.6 Å². The summed E-state index contributed by atoms with van der Waals surface area (Å²) in [5.74, 6) is 0.993. The number of hydrogen-bond donors (Lipinski definition) is 1. The molecule has 0 aliphatic carbocycles. The van der Waals surface area contributed by atoms with Crippen molar-refractivity contribution in [2.24, 2.45) is 7.05 Å². The maximum atomic E-state index is 11.4. The molecule has 108 valence electrons.